The maximum absolute atomic E-state index is 9.63. The minimum absolute atomic E-state index is 0.0270. The molecular formula is C26H28N2O. The van der Waals surface area contributed by atoms with Gasteiger partial charge in [0, 0.05) is 11.9 Å². The predicted octanol–water partition coefficient (Wildman–Crippen LogP) is 5.90. The molecular weight excluding hydrogens is 356 g/mol. The van der Waals surface area contributed by atoms with Crippen LogP contribution in [0.25, 0.3) is 11.1 Å². The summed E-state index contributed by atoms with van der Waals surface area (Å²) in [7, 11) is 0. The first kappa shape index (κ1) is 22.1. The Labute approximate surface area is 174 Å². The van der Waals surface area contributed by atoms with Gasteiger partial charge in [-0.3, -0.25) is 4.98 Å². The summed E-state index contributed by atoms with van der Waals surface area (Å²) in [4.78, 5) is 4.34. The number of allylic oxidation sites excluding steroid dienone is 1. The van der Waals surface area contributed by atoms with Crippen molar-refractivity contribution in [1.82, 2.24) is 4.98 Å². The summed E-state index contributed by atoms with van der Waals surface area (Å²) in [5, 5.41) is 19.1. The van der Waals surface area contributed by atoms with Crippen molar-refractivity contribution in [2.75, 3.05) is 0 Å². The normalized spacial score (nSPS) is 9.90. The molecule has 0 radical (unpaired) electrons. The second kappa shape index (κ2) is 10.9. The van der Waals surface area contributed by atoms with E-state index in [1.807, 2.05) is 62.5 Å². The van der Waals surface area contributed by atoms with Gasteiger partial charge in [0.05, 0.1) is 18.2 Å². The van der Waals surface area contributed by atoms with Crippen LogP contribution in [0.2, 0.25) is 0 Å². The molecule has 0 amide bonds. The van der Waals surface area contributed by atoms with Gasteiger partial charge in [0.15, 0.2) is 0 Å². The molecule has 0 spiro atoms. The van der Waals surface area contributed by atoms with Crippen LogP contribution in [0.3, 0.4) is 0 Å². The van der Waals surface area contributed by atoms with Crippen LogP contribution in [0, 0.1) is 25.2 Å². The topological polar surface area (TPSA) is 56.9 Å². The zero-order valence-corrected chi connectivity index (χ0v) is 17.4. The van der Waals surface area contributed by atoms with Crippen LogP contribution in [-0.2, 0) is 13.0 Å². The van der Waals surface area contributed by atoms with Gasteiger partial charge in [0.2, 0.25) is 0 Å². The summed E-state index contributed by atoms with van der Waals surface area (Å²) in [6.07, 6.45) is 5.58. The zero-order valence-electron chi connectivity index (χ0n) is 17.4. The summed E-state index contributed by atoms with van der Waals surface area (Å²) in [5.41, 5.74) is 7.61. The lowest BCUT2D eigenvalue weighted by atomic mass is 9.93. The van der Waals surface area contributed by atoms with Crippen molar-refractivity contribution in [2.24, 2.45) is 0 Å². The second-order valence-electron chi connectivity index (χ2n) is 7.04. The molecule has 0 atom stereocenters. The first-order chi connectivity index (χ1) is 14.0. The van der Waals surface area contributed by atoms with Crippen LogP contribution in [0.15, 0.2) is 67.4 Å². The van der Waals surface area contributed by atoms with Gasteiger partial charge < -0.3 is 5.11 Å². The van der Waals surface area contributed by atoms with Gasteiger partial charge in [-0.15, -0.1) is 6.58 Å². The van der Waals surface area contributed by atoms with Crippen LogP contribution in [-0.4, -0.2) is 10.1 Å². The Morgan fingerprint density at radius 2 is 1.76 bits per heavy atom. The van der Waals surface area contributed by atoms with Gasteiger partial charge in [0.25, 0.3) is 0 Å². The van der Waals surface area contributed by atoms with Gasteiger partial charge in [-0.2, -0.15) is 5.26 Å². The Morgan fingerprint density at radius 1 is 1.03 bits per heavy atom. The number of aliphatic hydroxyl groups is 1. The second-order valence-corrected chi connectivity index (χ2v) is 7.04. The number of hydrogen-bond acceptors (Lipinski definition) is 3. The highest BCUT2D eigenvalue weighted by Gasteiger charge is 2.09. The molecule has 0 bridgehead atoms. The molecule has 29 heavy (non-hydrogen) atoms. The molecule has 3 aromatic rings. The summed E-state index contributed by atoms with van der Waals surface area (Å²) < 4.78 is 0. The molecule has 0 saturated heterocycles. The minimum atomic E-state index is -0.0270. The lowest BCUT2D eigenvalue weighted by Gasteiger charge is -2.11. The number of nitrogens with zero attached hydrogens (tertiary/aromatic N) is 2. The van der Waals surface area contributed by atoms with Crippen molar-refractivity contribution in [3.05, 3.63) is 101 Å². The summed E-state index contributed by atoms with van der Waals surface area (Å²) in [6, 6.07) is 18.3. The lowest BCUT2D eigenvalue weighted by Crippen LogP contribution is -1.95. The highest BCUT2D eigenvalue weighted by Crippen LogP contribution is 2.27. The van der Waals surface area contributed by atoms with Crippen LogP contribution in [0.4, 0.5) is 0 Å². The smallest absolute Gasteiger partial charge is 0.0998 e. The summed E-state index contributed by atoms with van der Waals surface area (Å²) in [6.45, 7) is 9.46. The van der Waals surface area contributed by atoms with Gasteiger partial charge in [-0.05, 0) is 78.3 Å². The van der Waals surface area contributed by atoms with Crippen LogP contribution in [0.5, 0.6) is 0 Å². The first-order valence-electron chi connectivity index (χ1n) is 9.78. The van der Waals surface area contributed by atoms with Crippen molar-refractivity contribution in [1.29, 1.82) is 5.26 Å². The van der Waals surface area contributed by atoms with E-state index in [0.717, 1.165) is 51.9 Å². The molecule has 148 valence electrons. The van der Waals surface area contributed by atoms with Gasteiger partial charge in [0.1, 0.15) is 0 Å². The highest BCUT2D eigenvalue weighted by atomic mass is 16.3. The molecule has 2 aromatic carbocycles. The minimum Gasteiger partial charge on any atom is -0.392 e. The van der Waals surface area contributed by atoms with Crippen molar-refractivity contribution >= 4 is 0 Å². The van der Waals surface area contributed by atoms with Gasteiger partial charge in [-0.1, -0.05) is 43.3 Å². The SMILES string of the molecule is C=CCC.Cc1ccc(-c2cc(CO)cc(Cc3ccc(C)nc3)c2)c(C#N)c1. The number of aliphatic hydroxyl groups excluding tert-OH is 1. The molecule has 0 aliphatic rings. The zero-order chi connectivity index (χ0) is 21.2. The Morgan fingerprint density at radius 3 is 2.34 bits per heavy atom. The molecule has 1 aromatic heterocycles. The van der Waals surface area contributed by atoms with Crippen molar-refractivity contribution < 1.29 is 5.11 Å². The van der Waals surface area contributed by atoms with E-state index in [4.69, 9.17) is 0 Å². The first-order valence-corrected chi connectivity index (χ1v) is 9.78. The monoisotopic (exact) mass is 384 g/mol. The Balaban J connectivity index is 0.000000687. The number of benzene rings is 2. The van der Waals surface area contributed by atoms with E-state index in [1.54, 1.807) is 0 Å². The third kappa shape index (κ3) is 6.41. The van der Waals surface area contributed by atoms with Crippen molar-refractivity contribution in [3.63, 3.8) is 0 Å². The number of rotatable bonds is 5. The molecule has 0 unspecified atom stereocenters. The Hall–Kier alpha value is -3.22. The number of aromatic nitrogens is 1. The van der Waals surface area contributed by atoms with E-state index >= 15 is 0 Å². The Kier molecular flexibility index (Phi) is 8.33. The molecule has 3 heteroatoms. The van der Waals surface area contributed by atoms with E-state index in [1.165, 1.54) is 0 Å². The number of nitriles is 1. The maximum Gasteiger partial charge on any atom is 0.0998 e. The standard InChI is InChI=1S/C22H20N2O.C4H8/c1-15-3-6-22(21(7-15)12-23)20-10-18(9-19(11-20)14-25)8-17-5-4-16(2)24-13-17;1-3-4-2/h3-7,9-11,13,25H,8,14H2,1-2H3;3H,1,4H2,2H3. The lowest BCUT2D eigenvalue weighted by molar-refractivity contribution is 0.282. The number of hydrogen-bond donors (Lipinski definition) is 1. The molecule has 0 aliphatic carbocycles. The summed E-state index contributed by atoms with van der Waals surface area (Å²) >= 11 is 0. The molecule has 1 heterocycles. The van der Waals surface area contributed by atoms with E-state index in [0.29, 0.717) is 5.56 Å². The molecule has 3 nitrogen and oxygen atoms in total. The molecule has 0 saturated carbocycles. The average Bonchev–Trinajstić information content (AvgIpc) is 2.75. The van der Waals surface area contributed by atoms with Gasteiger partial charge in [-0.25, -0.2) is 0 Å². The molecule has 0 aliphatic heterocycles. The fourth-order valence-electron chi connectivity index (χ4n) is 2.95. The van der Waals surface area contributed by atoms with Crippen LogP contribution < -0.4 is 0 Å². The van der Waals surface area contributed by atoms with E-state index < -0.39 is 0 Å². The predicted molar refractivity (Wildman–Crippen MR) is 120 cm³/mol. The quantitative estimate of drug-likeness (QED) is 0.557. The largest absolute Gasteiger partial charge is 0.392 e. The van der Waals surface area contributed by atoms with E-state index in [9.17, 15) is 10.4 Å². The molecule has 3 rings (SSSR count). The summed E-state index contributed by atoms with van der Waals surface area (Å²) in [5.74, 6) is 0. The van der Waals surface area contributed by atoms with E-state index in [2.05, 4.69) is 36.7 Å². The molecule has 0 fully saturated rings. The number of pyridine rings is 1. The van der Waals surface area contributed by atoms with Crippen LogP contribution in [0.1, 0.15) is 46.9 Å². The average molecular weight is 385 g/mol. The molecule has 1 N–H and O–H groups in total. The van der Waals surface area contributed by atoms with Crippen molar-refractivity contribution in [2.45, 2.75) is 40.2 Å². The third-order valence-electron chi connectivity index (χ3n) is 4.51. The van der Waals surface area contributed by atoms with Gasteiger partial charge >= 0.3 is 0 Å². The highest BCUT2D eigenvalue weighted by molar-refractivity contribution is 5.72. The van der Waals surface area contributed by atoms with Crippen LogP contribution >= 0.6 is 0 Å². The fourth-order valence-corrected chi connectivity index (χ4v) is 2.95. The fraction of sp³-hybridized carbons (Fsp3) is 0.231. The van der Waals surface area contributed by atoms with E-state index in [-0.39, 0.29) is 6.61 Å². The number of aryl methyl sites for hydroxylation is 2. The third-order valence-corrected chi connectivity index (χ3v) is 4.51. The maximum atomic E-state index is 9.63. The van der Waals surface area contributed by atoms with Crippen molar-refractivity contribution in [3.8, 4) is 17.2 Å². The Bertz CT molecular complexity index is 998.